The summed E-state index contributed by atoms with van der Waals surface area (Å²) in [6, 6.07) is 10.4. The average molecular weight is 431 g/mol. The first-order valence-electron chi connectivity index (χ1n) is 9.28. The number of carbonyl (C=O) groups excluding carboxylic acids is 3. The lowest BCUT2D eigenvalue weighted by atomic mass is 10.0. The summed E-state index contributed by atoms with van der Waals surface area (Å²) in [5.74, 6) is -3.02. The molecule has 0 bridgehead atoms. The van der Waals surface area contributed by atoms with Crippen LogP contribution in [0.1, 0.15) is 32.3 Å². The average Bonchev–Trinajstić information content (AvgIpc) is 2.97. The zero-order chi connectivity index (χ0) is 21.5. The Morgan fingerprint density at radius 3 is 2.20 bits per heavy atom. The second-order valence-corrected chi connectivity index (χ2v) is 8.99. The van der Waals surface area contributed by atoms with Crippen molar-refractivity contribution >= 4 is 27.7 Å². The molecule has 2 aromatic carbocycles. The summed E-state index contributed by atoms with van der Waals surface area (Å²) in [4.78, 5) is 38.2. The lowest BCUT2D eigenvalue weighted by Gasteiger charge is -2.34. The van der Waals surface area contributed by atoms with Crippen molar-refractivity contribution in [3.8, 4) is 0 Å². The highest BCUT2D eigenvalue weighted by Gasteiger charge is 2.41. The largest absolute Gasteiger partial charge is 0.353 e. The van der Waals surface area contributed by atoms with Gasteiger partial charge in [0.15, 0.2) is 0 Å². The molecule has 3 amide bonds. The van der Waals surface area contributed by atoms with Gasteiger partial charge in [0, 0.05) is 25.2 Å². The van der Waals surface area contributed by atoms with E-state index in [9.17, 15) is 27.2 Å². The van der Waals surface area contributed by atoms with Gasteiger partial charge in [0.1, 0.15) is 11.9 Å². The molecule has 1 atom stereocenters. The molecule has 8 nitrogen and oxygen atoms in total. The highest BCUT2D eigenvalue weighted by Crippen LogP contribution is 2.29. The number of benzene rings is 2. The van der Waals surface area contributed by atoms with Crippen molar-refractivity contribution in [1.29, 1.82) is 0 Å². The Hall–Kier alpha value is -3.11. The van der Waals surface area contributed by atoms with Crippen LogP contribution >= 0.6 is 0 Å². The third-order valence-corrected chi connectivity index (χ3v) is 6.98. The maximum absolute atomic E-state index is 14.3. The summed E-state index contributed by atoms with van der Waals surface area (Å²) < 4.78 is 41.3. The number of piperazine rings is 1. The number of hydrogen-bond donors (Lipinski definition) is 1. The van der Waals surface area contributed by atoms with Crippen LogP contribution < -0.4 is 5.32 Å². The molecule has 1 fully saturated rings. The highest BCUT2D eigenvalue weighted by molar-refractivity contribution is 7.89. The van der Waals surface area contributed by atoms with Crippen LogP contribution in [-0.4, -0.2) is 60.7 Å². The smallest absolute Gasteiger partial charge is 0.261 e. The predicted octanol–water partition coefficient (Wildman–Crippen LogP) is 0.925. The van der Waals surface area contributed by atoms with E-state index in [1.807, 2.05) is 0 Å². The predicted molar refractivity (Wildman–Crippen MR) is 104 cm³/mol. The molecule has 0 spiro atoms. The molecule has 0 radical (unpaired) electrons. The standard InChI is InChI=1S/C20H18FN3O5S/c21-16-8-4-3-7-15(16)17-18(25)22-9-10-24(17)30(28,29)12-11-23-19(26)13-5-1-2-6-14(13)20(23)27/h1-8,17H,9-12H2,(H,22,25). The molecular formula is C20H18FN3O5S. The van der Waals surface area contributed by atoms with Crippen molar-refractivity contribution in [1.82, 2.24) is 14.5 Å². The van der Waals surface area contributed by atoms with Crippen LogP contribution in [0.25, 0.3) is 0 Å². The van der Waals surface area contributed by atoms with Gasteiger partial charge in [-0.05, 0) is 18.2 Å². The molecule has 2 aliphatic heterocycles. The number of fused-ring (bicyclic) bond motifs is 1. The van der Waals surface area contributed by atoms with Crippen LogP contribution in [-0.2, 0) is 14.8 Å². The number of nitrogens with one attached hydrogen (secondary N) is 1. The normalized spacial score (nSPS) is 19.7. The lowest BCUT2D eigenvalue weighted by Crippen LogP contribution is -2.53. The number of hydrogen-bond acceptors (Lipinski definition) is 5. The van der Waals surface area contributed by atoms with Crippen molar-refractivity contribution in [3.05, 3.63) is 71.0 Å². The van der Waals surface area contributed by atoms with E-state index in [0.29, 0.717) is 0 Å². The quantitative estimate of drug-likeness (QED) is 0.710. The fourth-order valence-electron chi connectivity index (χ4n) is 3.70. The molecule has 0 saturated carbocycles. The van der Waals surface area contributed by atoms with E-state index < -0.39 is 45.4 Å². The van der Waals surface area contributed by atoms with Crippen molar-refractivity contribution < 1.29 is 27.2 Å². The van der Waals surface area contributed by atoms with E-state index >= 15 is 0 Å². The number of amides is 3. The molecular weight excluding hydrogens is 413 g/mol. The number of imide groups is 1. The van der Waals surface area contributed by atoms with E-state index in [1.165, 1.54) is 30.3 Å². The summed E-state index contributed by atoms with van der Waals surface area (Å²) >= 11 is 0. The molecule has 4 rings (SSSR count). The maximum atomic E-state index is 14.3. The van der Waals surface area contributed by atoms with Gasteiger partial charge in [0.25, 0.3) is 11.8 Å². The fraction of sp³-hybridized carbons (Fsp3) is 0.250. The first-order chi connectivity index (χ1) is 14.3. The van der Waals surface area contributed by atoms with Gasteiger partial charge in [-0.2, -0.15) is 4.31 Å². The van der Waals surface area contributed by atoms with E-state index in [2.05, 4.69) is 5.32 Å². The van der Waals surface area contributed by atoms with Crippen molar-refractivity contribution in [3.63, 3.8) is 0 Å². The second-order valence-electron chi connectivity index (χ2n) is 6.95. The second kappa shape index (κ2) is 7.62. The number of carbonyl (C=O) groups is 3. The molecule has 156 valence electrons. The Bertz CT molecular complexity index is 1120. The maximum Gasteiger partial charge on any atom is 0.261 e. The summed E-state index contributed by atoms with van der Waals surface area (Å²) in [5, 5.41) is 2.55. The summed E-state index contributed by atoms with van der Waals surface area (Å²) in [6.45, 7) is -0.331. The molecule has 0 aromatic heterocycles. The Kier molecular flexibility index (Phi) is 5.12. The zero-order valence-electron chi connectivity index (χ0n) is 15.7. The molecule has 1 N–H and O–H groups in total. The Morgan fingerprint density at radius 2 is 1.57 bits per heavy atom. The molecule has 1 unspecified atom stereocenters. The van der Waals surface area contributed by atoms with E-state index in [0.717, 1.165) is 15.3 Å². The van der Waals surface area contributed by atoms with Crippen LogP contribution in [0, 0.1) is 5.82 Å². The first kappa shape index (κ1) is 20.2. The zero-order valence-corrected chi connectivity index (χ0v) is 16.6. The molecule has 2 heterocycles. The minimum Gasteiger partial charge on any atom is -0.353 e. The monoisotopic (exact) mass is 431 g/mol. The summed E-state index contributed by atoms with van der Waals surface area (Å²) in [5.41, 5.74) is 0.391. The van der Waals surface area contributed by atoms with Gasteiger partial charge in [0.05, 0.1) is 16.9 Å². The van der Waals surface area contributed by atoms with Gasteiger partial charge in [0.2, 0.25) is 15.9 Å². The van der Waals surface area contributed by atoms with E-state index in [-0.39, 0.29) is 36.3 Å². The van der Waals surface area contributed by atoms with Crippen LogP contribution in [0.15, 0.2) is 48.5 Å². The van der Waals surface area contributed by atoms with Gasteiger partial charge < -0.3 is 5.32 Å². The van der Waals surface area contributed by atoms with Gasteiger partial charge >= 0.3 is 0 Å². The number of rotatable bonds is 5. The third kappa shape index (κ3) is 3.37. The van der Waals surface area contributed by atoms with Crippen molar-refractivity contribution in [2.45, 2.75) is 6.04 Å². The number of halogens is 1. The van der Waals surface area contributed by atoms with Crippen LogP contribution in [0.3, 0.4) is 0 Å². The van der Waals surface area contributed by atoms with Crippen molar-refractivity contribution in [2.24, 2.45) is 0 Å². The van der Waals surface area contributed by atoms with Crippen molar-refractivity contribution in [2.75, 3.05) is 25.4 Å². The minimum absolute atomic E-state index is 0.0464. The van der Waals surface area contributed by atoms with Gasteiger partial charge in [-0.3, -0.25) is 19.3 Å². The lowest BCUT2D eigenvalue weighted by molar-refractivity contribution is -0.127. The number of nitrogens with zero attached hydrogens (tertiary/aromatic N) is 2. The van der Waals surface area contributed by atoms with Gasteiger partial charge in [-0.1, -0.05) is 30.3 Å². The summed E-state index contributed by atoms with van der Waals surface area (Å²) in [6.07, 6.45) is 0. The van der Waals surface area contributed by atoms with E-state index in [1.54, 1.807) is 12.1 Å². The summed E-state index contributed by atoms with van der Waals surface area (Å²) in [7, 11) is -4.09. The van der Waals surface area contributed by atoms with Crippen LogP contribution in [0.4, 0.5) is 4.39 Å². The Morgan fingerprint density at radius 1 is 0.967 bits per heavy atom. The third-order valence-electron chi connectivity index (χ3n) is 5.18. The molecule has 10 heteroatoms. The van der Waals surface area contributed by atoms with Crippen LogP contribution in [0.5, 0.6) is 0 Å². The SMILES string of the molecule is O=C1NCCN(S(=O)(=O)CCN2C(=O)c3ccccc3C2=O)C1c1ccccc1F. The molecule has 2 aromatic rings. The number of sulfonamides is 1. The molecule has 30 heavy (non-hydrogen) atoms. The van der Waals surface area contributed by atoms with Crippen LogP contribution in [0.2, 0.25) is 0 Å². The highest BCUT2D eigenvalue weighted by atomic mass is 32.2. The van der Waals surface area contributed by atoms with E-state index in [4.69, 9.17) is 0 Å². The van der Waals surface area contributed by atoms with Gasteiger partial charge in [-0.25, -0.2) is 12.8 Å². The topological polar surface area (TPSA) is 104 Å². The van der Waals surface area contributed by atoms with Gasteiger partial charge in [-0.15, -0.1) is 0 Å². The minimum atomic E-state index is -4.09. The Balaban J connectivity index is 1.57. The fourth-order valence-corrected chi connectivity index (χ4v) is 5.25. The Labute approximate surface area is 172 Å². The molecule has 0 aliphatic carbocycles. The molecule has 2 aliphatic rings. The molecule has 1 saturated heterocycles. The first-order valence-corrected chi connectivity index (χ1v) is 10.9.